The molecule has 1 aliphatic carbocycles. The van der Waals surface area contributed by atoms with Crippen LogP contribution < -0.4 is 5.73 Å². The second kappa shape index (κ2) is 16.2. The van der Waals surface area contributed by atoms with Gasteiger partial charge in [-0.15, -0.1) is 0 Å². The summed E-state index contributed by atoms with van der Waals surface area (Å²) in [5.74, 6) is 1.44. The summed E-state index contributed by atoms with van der Waals surface area (Å²) in [7, 11) is 0. The van der Waals surface area contributed by atoms with Crippen molar-refractivity contribution in [2.75, 3.05) is 5.73 Å². The van der Waals surface area contributed by atoms with Gasteiger partial charge in [-0.2, -0.15) is 0 Å². The van der Waals surface area contributed by atoms with Crippen molar-refractivity contribution in [3.05, 3.63) is 167 Å². The van der Waals surface area contributed by atoms with Crippen molar-refractivity contribution < 1.29 is 0 Å². The number of nitrogen functional groups attached to an aromatic ring is 1. The molecule has 3 aromatic carbocycles. The van der Waals surface area contributed by atoms with Crippen molar-refractivity contribution in [2.45, 2.75) is 51.9 Å². The number of benzene rings is 3. The van der Waals surface area contributed by atoms with E-state index in [9.17, 15) is 0 Å². The highest BCUT2D eigenvalue weighted by atomic mass is 14.6. The predicted octanol–water partition coefficient (Wildman–Crippen LogP) is 10.5. The lowest BCUT2D eigenvalue weighted by molar-refractivity contribution is 0.514. The molecule has 0 bridgehead atoms. The fraction of sp³-hybridized carbons (Fsp3) is 0.250. The number of nitrogens with two attached hydrogens (primary N) is 1. The average Bonchev–Trinajstić information content (AvgIpc) is 3.39. The molecule has 0 amide bonds. The molecule has 3 aromatic rings. The Morgan fingerprint density at radius 3 is 2.44 bits per heavy atom. The van der Waals surface area contributed by atoms with Gasteiger partial charge in [-0.25, -0.2) is 0 Å². The third kappa shape index (κ3) is 9.22. The molecule has 210 valence electrons. The number of rotatable bonds is 13. The summed E-state index contributed by atoms with van der Waals surface area (Å²) < 4.78 is 0. The van der Waals surface area contributed by atoms with Crippen LogP contribution in [0.5, 0.6) is 0 Å². The van der Waals surface area contributed by atoms with Crippen LogP contribution in [0.2, 0.25) is 0 Å². The van der Waals surface area contributed by atoms with Crippen molar-refractivity contribution in [3.63, 3.8) is 0 Å². The summed E-state index contributed by atoms with van der Waals surface area (Å²) in [4.78, 5) is 0. The molecule has 41 heavy (non-hydrogen) atoms. The largest absolute Gasteiger partial charge is 0.398 e. The molecule has 0 heterocycles. The van der Waals surface area contributed by atoms with Crippen LogP contribution in [-0.4, -0.2) is 0 Å². The minimum Gasteiger partial charge on any atom is -0.398 e. The maximum Gasteiger partial charge on any atom is 0.0349 e. The second-order valence-electron chi connectivity index (χ2n) is 10.9. The molecule has 0 saturated carbocycles. The van der Waals surface area contributed by atoms with Crippen molar-refractivity contribution >= 4 is 11.8 Å². The normalized spacial score (nSPS) is 19.0. The number of hydrogen-bond donors (Lipinski definition) is 1. The monoisotopic (exact) mass is 539 g/mol. The lowest BCUT2D eigenvalue weighted by Crippen LogP contribution is -2.07. The molecule has 4 rings (SSSR count). The molecule has 0 aromatic heterocycles. The van der Waals surface area contributed by atoms with E-state index in [1.165, 1.54) is 40.7 Å². The molecule has 1 nitrogen and oxygen atoms in total. The Labute approximate surface area is 248 Å². The van der Waals surface area contributed by atoms with Gasteiger partial charge in [0.2, 0.25) is 0 Å². The Morgan fingerprint density at radius 1 is 0.829 bits per heavy atom. The smallest absolute Gasteiger partial charge is 0.0349 e. The van der Waals surface area contributed by atoms with Gasteiger partial charge in [-0.1, -0.05) is 160 Å². The van der Waals surface area contributed by atoms with Gasteiger partial charge in [0.1, 0.15) is 0 Å². The molecule has 0 aliphatic heterocycles. The summed E-state index contributed by atoms with van der Waals surface area (Å²) in [6.45, 7) is 4.51. The zero-order chi connectivity index (χ0) is 28.7. The fourth-order valence-electron chi connectivity index (χ4n) is 5.56. The van der Waals surface area contributed by atoms with Gasteiger partial charge in [-0.05, 0) is 65.5 Å². The van der Waals surface area contributed by atoms with Gasteiger partial charge < -0.3 is 5.73 Å². The first kappa shape index (κ1) is 29.9. The summed E-state index contributed by atoms with van der Waals surface area (Å²) in [6.07, 6.45) is 30.2. The summed E-state index contributed by atoms with van der Waals surface area (Å²) >= 11 is 0. The Bertz CT molecular complexity index is 1400. The van der Waals surface area contributed by atoms with Gasteiger partial charge in [0.25, 0.3) is 0 Å². The van der Waals surface area contributed by atoms with Crippen LogP contribution in [0, 0.1) is 11.8 Å². The third-order valence-corrected chi connectivity index (χ3v) is 7.90. The molecular formula is C40H45N. The quantitative estimate of drug-likeness (QED) is 0.170. The van der Waals surface area contributed by atoms with E-state index >= 15 is 0 Å². The van der Waals surface area contributed by atoms with Gasteiger partial charge in [0, 0.05) is 17.5 Å². The molecule has 3 atom stereocenters. The lowest BCUT2D eigenvalue weighted by Gasteiger charge is -2.17. The standard InChI is InChI=1S/C40H45N/c1-3-16-36-26-27-37(28-29-38-23-13-14-24-40(38)41)39(36)30-25-33-19-15-18-32(31-33)17-9-6-5-7-10-20-34(4-2)35-21-11-8-12-22-35/h5-15,18-28,30-31,34,36,39H,3-4,16-17,29,41H2,1-2H3/b7-5-,9-6-,20-10+,30-25+,37-28-. The summed E-state index contributed by atoms with van der Waals surface area (Å²) in [5, 5.41) is 0. The molecule has 1 heteroatoms. The van der Waals surface area contributed by atoms with Crippen LogP contribution in [0.15, 0.2) is 145 Å². The van der Waals surface area contributed by atoms with Crippen LogP contribution in [0.3, 0.4) is 0 Å². The van der Waals surface area contributed by atoms with E-state index in [-0.39, 0.29) is 0 Å². The molecule has 3 unspecified atom stereocenters. The number of hydrogen-bond acceptors (Lipinski definition) is 1. The maximum atomic E-state index is 6.19. The van der Waals surface area contributed by atoms with E-state index < -0.39 is 0 Å². The highest BCUT2D eigenvalue weighted by molar-refractivity contribution is 5.53. The zero-order valence-electron chi connectivity index (χ0n) is 24.7. The van der Waals surface area contributed by atoms with Crippen LogP contribution in [0.4, 0.5) is 5.69 Å². The Balaban J connectivity index is 1.34. The first-order chi connectivity index (χ1) is 20.2. The third-order valence-electron chi connectivity index (χ3n) is 7.90. The number of anilines is 1. The van der Waals surface area contributed by atoms with Gasteiger partial charge >= 0.3 is 0 Å². The molecule has 0 spiro atoms. The molecule has 0 fully saturated rings. The van der Waals surface area contributed by atoms with E-state index in [4.69, 9.17) is 5.73 Å². The Kier molecular flexibility index (Phi) is 11.8. The van der Waals surface area contributed by atoms with Crippen LogP contribution in [0.1, 0.15) is 61.3 Å². The Morgan fingerprint density at radius 2 is 1.63 bits per heavy atom. The van der Waals surface area contributed by atoms with Crippen LogP contribution in [-0.2, 0) is 12.8 Å². The van der Waals surface area contributed by atoms with E-state index in [0.717, 1.165) is 24.9 Å². The topological polar surface area (TPSA) is 26.0 Å². The first-order valence-electron chi connectivity index (χ1n) is 15.2. The second-order valence-corrected chi connectivity index (χ2v) is 10.9. The Hall–Kier alpha value is -4.10. The minimum atomic E-state index is 0.413. The average molecular weight is 540 g/mol. The van der Waals surface area contributed by atoms with Crippen molar-refractivity contribution in [3.8, 4) is 0 Å². The maximum absolute atomic E-state index is 6.19. The first-order valence-corrected chi connectivity index (χ1v) is 15.2. The summed E-state index contributed by atoms with van der Waals surface area (Å²) in [6, 6.07) is 27.8. The minimum absolute atomic E-state index is 0.413. The lowest BCUT2D eigenvalue weighted by atomic mass is 9.87. The fourth-order valence-corrected chi connectivity index (χ4v) is 5.56. The van der Waals surface area contributed by atoms with Crippen molar-refractivity contribution in [2.24, 2.45) is 11.8 Å². The highest BCUT2D eigenvalue weighted by Crippen LogP contribution is 2.35. The molecule has 1 aliphatic rings. The van der Waals surface area contributed by atoms with E-state index in [1.54, 1.807) is 0 Å². The van der Waals surface area contributed by atoms with E-state index in [2.05, 4.69) is 147 Å². The summed E-state index contributed by atoms with van der Waals surface area (Å²) in [5.41, 5.74) is 13.6. The molecular weight excluding hydrogens is 494 g/mol. The number of para-hydroxylation sites is 1. The highest BCUT2D eigenvalue weighted by Gasteiger charge is 2.23. The van der Waals surface area contributed by atoms with Crippen molar-refractivity contribution in [1.82, 2.24) is 0 Å². The predicted molar refractivity (Wildman–Crippen MR) is 180 cm³/mol. The van der Waals surface area contributed by atoms with Crippen LogP contribution in [0.25, 0.3) is 6.08 Å². The van der Waals surface area contributed by atoms with Gasteiger partial charge in [-0.3, -0.25) is 0 Å². The van der Waals surface area contributed by atoms with Crippen LogP contribution >= 0.6 is 0 Å². The zero-order valence-corrected chi connectivity index (χ0v) is 24.7. The van der Waals surface area contributed by atoms with E-state index in [1.807, 2.05) is 12.1 Å². The van der Waals surface area contributed by atoms with Crippen molar-refractivity contribution in [1.29, 1.82) is 0 Å². The number of allylic oxidation sites excluding steroid dienone is 11. The SMILES string of the molecule is CCCC1C=C/C(=C/Cc2ccccc2N)C1/C=C/c1cccc(C\C=C/C=C\C=C\C(CC)c2ccccc2)c1. The molecule has 0 radical (unpaired) electrons. The van der Waals surface area contributed by atoms with Gasteiger partial charge in [0.15, 0.2) is 0 Å². The van der Waals surface area contributed by atoms with E-state index in [0.29, 0.717) is 17.8 Å². The molecule has 0 saturated heterocycles. The van der Waals surface area contributed by atoms with Gasteiger partial charge in [0.05, 0.1) is 0 Å². The molecule has 2 N–H and O–H groups in total.